The van der Waals surface area contributed by atoms with Crippen LogP contribution in [0.3, 0.4) is 0 Å². The van der Waals surface area contributed by atoms with Gasteiger partial charge in [-0.25, -0.2) is 9.59 Å². The van der Waals surface area contributed by atoms with E-state index < -0.39 is 29.6 Å². The summed E-state index contributed by atoms with van der Waals surface area (Å²) < 4.78 is 9.63. The minimum absolute atomic E-state index is 0.123. The number of unbranched alkanes of at least 4 members (excludes halogenated alkanes) is 1. The summed E-state index contributed by atoms with van der Waals surface area (Å²) in [7, 11) is 0. The summed E-state index contributed by atoms with van der Waals surface area (Å²) in [6.45, 7) is 4.97. The Morgan fingerprint density at radius 3 is 2.25 bits per heavy atom. The number of hydrogen-bond donors (Lipinski definition) is 1. The number of aliphatic carboxylic acids is 1. The van der Waals surface area contributed by atoms with Crippen LogP contribution >= 0.6 is 11.6 Å². The van der Waals surface area contributed by atoms with Crippen LogP contribution in [0.4, 0.5) is 9.59 Å². The molecule has 8 heteroatoms. The van der Waals surface area contributed by atoms with E-state index in [1.54, 1.807) is 20.8 Å². The molecule has 0 rings (SSSR count). The van der Waals surface area contributed by atoms with E-state index in [4.69, 9.17) is 21.4 Å². The number of halogens is 1. The molecule has 0 fully saturated rings. The highest BCUT2D eigenvalue weighted by molar-refractivity contribution is 6.61. The van der Waals surface area contributed by atoms with Crippen LogP contribution in [0.2, 0.25) is 0 Å². The molecule has 116 valence electrons. The lowest BCUT2D eigenvalue weighted by atomic mass is 10.2. The molecule has 0 bridgehead atoms. The van der Waals surface area contributed by atoms with Gasteiger partial charge >= 0.3 is 17.5 Å². The van der Waals surface area contributed by atoms with Gasteiger partial charge in [0.25, 0.3) is 0 Å². The van der Waals surface area contributed by atoms with Crippen molar-refractivity contribution < 1.29 is 29.0 Å². The summed E-state index contributed by atoms with van der Waals surface area (Å²) in [5.41, 5.74) is -1.58. The van der Waals surface area contributed by atoms with E-state index in [1.807, 2.05) is 0 Å². The second kappa shape index (κ2) is 8.63. The van der Waals surface area contributed by atoms with Gasteiger partial charge in [0.2, 0.25) is 0 Å². The zero-order valence-corrected chi connectivity index (χ0v) is 12.6. The molecule has 0 spiro atoms. The van der Waals surface area contributed by atoms with Crippen molar-refractivity contribution in [2.45, 2.75) is 39.2 Å². The predicted octanol–water partition coefficient (Wildman–Crippen LogP) is 2.46. The maximum atomic E-state index is 11.8. The first-order chi connectivity index (χ1) is 9.11. The maximum absolute atomic E-state index is 11.8. The summed E-state index contributed by atoms with van der Waals surface area (Å²) in [5, 5.41) is 8.77. The van der Waals surface area contributed by atoms with Crippen molar-refractivity contribution in [1.82, 2.24) is 4.90 Å². The lowest BCUT2D eigenvalue weighted by molar-refractivity contribution is -0.138. The van der Waals surface area contributed by atoms with E-state index in [2.05, 4.69) is 4.74 Å². The normalized spacial score (nSPS) is 10.8. The van der Waals surface area contributed by atoms with Crippen LogP contribution in [-0.4, -0.2) is 52.8 Å². The molecule has 0 aliphatic heterocycles. The molecular formula is C12H20ClNO6. The fraction of sp³-hybridized carbons (Fsp3) is 0.750. The Hall–Kier alpha value is -1.50. The average molecular weight is 310 g/mol. The van der Waals surface area contributed by atoms with Gasteiger partial charge in [0.15, 0.2) is 0 Å². The van der Waals surface area contributed by atoms with Crippen molar-refractivity contribution in [3.05, 3.63) is 0 Å². The second-order valence-electron chi connectivity index (χ2n) is 5.09. The Kier molecular flexibility index (Phi) is 7.98. The minimum Gasteiger partial charge on any atom is -0.480 e. The van der Waals surface area contributed by atoms with Gasteiger partial charge in [-0.2, -0.15) is 0 Å². The van der Waals surface area contributed by atoms with Crippen LogP contribution in [-0.2, 0) is 14.3 Å². The molecule has 0 saturated heterocycles. The number of nitrogens with zero attached hydrogens (tertiary/aromatic N) is 1. The van der Waals surface area contributed by atoms with Gasteiger partial charge in [-0.05, 0) is 33.6 Å². The lowest BCUT2D eigenvalue weighted by Crippen LogP contribution is -2.40. The van der Waals surface area contributed by atoms with Crippen molar-refractivity contribution in [2.75, 3.05) is 19.7 Å². The van der Waals surface area contributed by atoms with E-state index in [0.717, 1.165) is 4.90 Å². The molecule has 0 atom stereocenters. The third kappa shape index (κ3) is 10.4. The number of carboxylic acids is 1. The smallest absolute Gasteiger partial charge is 0.410 e. The van der Waals surface area contributed by atoms with Crippen LogP contribution in [0.15, 0.2) is 0 Å². The van der Waals surface area contributed by atoms with E-state index in [1.165, 1.54) is 0 Å². The van der Waals surface area contributed by atoms with Crippen molar-refractivity contribution >= 4 is 29.1 Å². The van der Waals surface area contributed by atoms with E-state index in [9.17, 15) is 14.4 Å². The summed E-state index contributed by atoms with van der Waals surface area (Å²) in [6.07, 6.45) is 0.253. The van der Waals surface area contributed by atoms with Crippen LogP contribution in [0, 0.1) is 0 Å². The molecule has 0 radical (unpaired) electrons. The Labute approximate surface area is 122 Å². The van der Waals surface area contributed by atoms with Gasteiger partial charge in [0.05, 0.1) is 6.61 Å². The molecule has 0 aromatic carbocycles. The van der Waals surface area contributed by atoms with E-state index in [0.29, 0.717) is 12.8 Å². The van der Waals surface area contributed by atoms with Crippen LogP contribution < -0.4 is 0 Å². The number of carbonyl (C=O) groups excluding carboxylic acids is 2. The van der Waals surface area contributed by atoms with Crippen molar-refractivity contribution in [3.8, 4) is 0 Å². The molecular weight excluding hydrogens is 290 g/mol. The molecule has 7 nitrogen and oxygen atoms in total. The summed E-state index contributed by atoms with van der Waals surface area (Å²) >= 11 is 4.99. The molecule has 0 unspecified atom stereocenters. The third-order valence-electron chi connectivity index (χ3n) is 2.02. The summed E-state index contributed by atoms with van der Waals surface area (Å²) in [5.74, 6) is -1.12. The number of carbonyl (C=O) groups is 3. The molecule has 0 heterocycles. The monoisotopic (exact) mass is 309 g/mol. The highest BCUT2D eigenvalue weighted by Crippen LogP contribution is 2.10. The number of amides is 1. The third-order valence-corrected chi connectivity index (χ3v) is 2.12. The molecule has 0 aromatic rings. The molecule has 1 N–H and O–H groups in total. The van der Waals surface area contributed by atoms with Crippen LogP contribution in [0.5, 0.6) is 0 Å². The second-order valence-corrected chi connectivity index (χ2v) is 5.40. The van der Waals surface area contributed by atoms with Gasteiger partial charge in [0.1, 0.15) is 12.1 Å². The number of rotatable bonds is 7. The van der Waals surface area contributed by atoms with Gasteiger partial charge in [-0.3, -0.25) is 9.69 Å². The summed E-state index contributed by atoms with van der Waals surface area (Å²) in [4.78, 5) is 33.9. The average Bonchev–Trinajstić information content (AvgIpc) is 2.23. The van der Waals surface area contributed by atoms with Crippen molar-refractivity contribution in [2.24, 2.45) is 0 Å². The Balaban J connectivity index is 4.24. The van der Waals surface area contributed by atoms with Gasteiger partial charge in [0, 0.05) is 18.1 Å². The Morgan fingerprint density at radius 1 is 1.20 bits per heavy atom. The quantitative estimate of drug-likeness (QED) is 0.573. The molecule has 20 heavy (non-hydrogen) atoms. The zero-order valence-electron chi connectivity index (χ0n) is 11.8. The zero-order chi connectivity index (χ0) is 15.8. The fourth-order valence-electron chi connectivity index (χ4n) is 1.28. The number of hydrogen-bond acceptors (Lipinski definition) is 5. The van der Waals surface area contributed by atoms with Gasteiger partial charge < -0.3 is 14.6 Å². The number of ether oxygens (including phenoxy) is 2. The molecule has 0 saturated carbocycles. The highest BCUT2D eigenvalue weighted by atomic mass is 35.5. The fourth-order valence-corrected chi connectivity index (χ4v) is 1.36. The molecule has 1 amide bonds. The minimum atomic E-state index is -1.12. The first-order valence-electron chi connectivity index (χ1n) is 6.14. The first-order valence-corrected chi connectivity index (χ1v) is 6.51. The largest absolute Gasteiger partial charge is 0.480 e. The van der Waals surface area contributed by atoms with E-state index >= 15 is 0 Å². The van der Waals surface area contributed by atoms with E-state index in [-0.39, 0.29) is 13.2 Å². The van der Waals surface area contributed by atoms with Gasteiger partial charge in [-0.15, -0.1) is 0 Å². The first kappa shape index (κ1) is 18.5. The molecule has 0 aliphatic carbocycles. The van der Waals surface area contributed by atoms with Crippen molar-refractivity contribution in [3.63, 3.8) is 0 Å². The standard InChI is InChI=1S/C12H20ClNO6/c1-12(2,3)20-11(18)14(8-9(15)16)6-4-5-7-19-10(13)17/h4-8H2,1-3H3,(H,15,16). The number of carboxylic acid groups (broad SMARTS) is 1. The van der Waals surface area contributed by atoms with Crippen molar-refractivity contribution in [1.29, 1.82) is 0 Å². The topological polar surface area (TPSA) is 93.1 Å². The van der Waals surface area contributed by atoms with Gasteiger partial charge in [-0.1, -0.05) is 0 Å². The highest BCUT2D eigenvalue weighted by Gasteiger charge is 2.23. The van der Waals surface area contributed by atoms with Crippen LogP contribution in [0.1, 0.15) is 33.6 Å². The summed E-state index contributed by atoms with van der Waals surface area (Å²) in [6, 6.07) is 0. The Bertz CT molecular complexity index is 352. The Morgan fingerprint density at radius 2 is 1.80 bits per heavy atom. The lowest BCUT2D eigenvalue weighted by Gasteiger charge is -2.26. The maximum Gasteiger partial charge on any atom is 0.410 e. The predicted molar refractivity (Wildman–Crippen MR) is 71.9 cm³/mol. The molecule has 0 aliphatic rings. The molecule has 0 aromatic heterocycles. The SMILES string of the molecule is CC(C)(C)OC(=O)N(CCCCOC(=O)Cl)CC(=O)O. The van der Waals surface area contributed by atoms with Crippen LogP contribution in [0.25, 0.3) is 0 Å².